The van der Waals surface area contributed by atoms with Crippen molar-refractivity contribution in [3.05, 3.63) is 0 Å². The minimum absolute atomic E-state index is 0.00867. The predicted molar refractivity (Wildman–Crippen MR) is 62.2 cm³/mol. The maximum absolute atomic E-state index is 12.1. The molecule has 3 fully saturated rings. The van der Waals surface area contributed by atoms with Crippen molar-refractivity contribution in [3.8, 4) is 0 Å². The van der Waals surface area contributed by atoms with E-state index in [2.05, 4.69) is 16.0 Å². The average molecular weight is 237 g/mol. The van der Waals surface area contributed by atoms with E-state index in [1.807, 2.05) is 0 Å². The van der Waals surface area contributed by atoms with E-state index in [0.717, 1.165) is 32.4 Å². The third-order valence-corrected chi connectivity index (χ3v) is 4.43. The van der Waals surface area contributed by atoms with Crippen molar-refractivity contribution in [1.82, 2.24) is 16.0 Å². The summed E-state index contributed by atoms with van der Waals surface area (Å²) in [7, 11) is 0. The van der Waals surface area contributed by atoms with Gasteiger partial charge in [0.25, 0.3) is 0 Å². The quantitative estimate of drug-likeness (QED) is 0.599. The van der Waals surface area contributed by atoms with E-state index in [1.54, 1.807) is 0 Å². The van der Waals surface area contributed by atoms with Gasteiger partial charge in [0.1, 0.15) is 0 Å². The SMILES string of the molecule is O=C1CC(NC(=O)C2CC23CCNCC3)CN1. The van der Waals surface area contributed by atoms with Crippen LogP contribution in [0.25, 0.3) is 0 Å². The van der Waals surface area contributed by atoms with Crippen molar-refractivity contribution in [2.75, 3.05) is 19.6 Å². The molecule has 1 saturated carbocycles. The van der Waals surface area contributed by atoms with Crippen molar-refractivity contribution in [2.24, 2.45) is 11.3 Å². The topological polar surface area (TPSA) is 70.2 Å². The summed E-state index contributed by atoms with van der Waals surface area (Å²) in [6.07, 6.45) is 3.71. The molecule has 2 aliphatic heterocycles. The fourth-order valence-corrected chi connectivity index (χ4v) is 3.20. The average Bonchev–Trinajstić information content (AvgIpc) is 2.85. The third-order valence-electron chi connectivity index (χ3n) is 4.43. The minimum atomic E-state index is 0.00867. The summed E-state index contributed by atoms with van der Waals surface area (Å²) in [6, 6.07) is 0.00867. The smallest absolute Gasteiger partial charge is 0.223 e. The van der Waals surface area contributed by atoms with Gasteiger partial charge >= 0.3 is 0 Å². The fourth-order valence-electron chi connectivity index (χ4n) is 3.20. The van der Waals surface area contributed by atoms with Crippen LogP contribution in [0.2, 0.25) is 0 Å². The zero-order valence-corrected chi connectivity index (χ0v) is 9.92. The van der Waals surface area contributed by atoms with E-state index in [1.165, 1.54) is 0 Å². The summed E-state index contributed by atoms with van der Waals surface area (Å²) in [4.78, 5) is 23.1. The first-order valence-corrected chi connectivity index (χ1v) is 6.47. The lowest BCUT2D eigenvalue weighted by Gasteiger charge is -2.23. The van der Waals surface area contributed by atoms with Crippen molar-refractivity contribution >= 4 is 11.8 Å². The standard InChI is InChI=1S/C12H19N3O2/c16-10-5-8(7-14-10)15-11(17)9-6-12(9)1-3-13-4-2-12/h8-9,13H,1-7H2,(H,14,16)(H,15,17). The van der Waals surface area contributed by atoms with Gasteiger partial charge in [0.15, 0.2) is 0 Å². The number of rotatable bonds is 2. The Balaban J connectivity index is 1.52. The molecule has 3 rings (SSSR count). The lowest BCUT2D eigenvalue weighted by Crippen LogP contribution is -2.39. The Morgan fingerprint density at radius 3 is 2.76 bits per heavy atom. The van der Waals surface area contributed by atoms with Gasteiger partial charge in [-0.15, -0.1) is 0 Å². The number of nitrogens with one attached hydrogen (secondary N) is 3. The van der Waals surface area contributed by atoms with Crippen molar-refractivity contribution in [1.29, 1.82) is 0 Å². The first-order valence-electron chi connectivity index (χ1n) is 6.47. The van der Waals surface area contributed by atoms with Crippen LogP contribution in [0, 0.1) is 11.3 Å². The number of hydrogen-bond donors (Lipinski definition) is 3. The van der Waals surface area contributed by atoms with Crippen LogP contribution in [-0.2, 0) is 9.59 Å². The van der Waals surface area contributed by atoms with Gasteiger partial charge in [0.2, 0.25) is 11.8 Å². The Labute approximate surface area is 101 Å². The van der Waals surface area contributed by atoms with Crippen LogP contribution in [0.15, 0.2) is 0 Å². The molecule has 2 atom stereocenters. The highest BCUT2D eigenvalue weighted by atomic mass is 16.2. The molecule has 1 aliphatic carbocycles. The molecular formula is C12H19N3O2. The monoisotopic (exact) mass is 237 g/mol. The van der Waals surface area contributed by atoms with Gasteiger partial charge in [-0.05, 0) is 37.8 Å². The molecule has 0 bridgehead atoms. The molecular weight excluding hydrogens is 218 g/mol. The Hall–Kier alpha value is -1.10. The fraction of sp³-hybridized carbons (Fsp3) is 0.833. The summed E-state index contributed by atoms with van der Waals surface area (Å²) in [5, 5.41) is 9.07. The van der Waals surface area contributed by atoms with Gasteiger partial charge in [-0.25, -0.2) is 0 Å². The van der Waals surface area contributed by atoms with E-state index >= 15 is 0 Å². The van der Waals surface area contributed by atoms with Crippen LogP contribution in [0.3, 0.4) is 0 Å². The molecule has 2 saturated heterocycles. The number of piperidine rings is 1. The van der Waals surface area contributed by atoms with Crippen LogP contribution in [0.5, 0.6) is 0 Å². The van der Waals surface area contributed by atoms with Gasteiger partial charge in [0.05, 0.1) is 6.04 Å². The Morgan fingerprint density at radius 1 is 1.35 bits per heavy atom. The summed E-state index contributed by atoms with van der Waals surface area (Å²) < 4.78 is 0. The van der Waals surface area contributed by atoms with Crippen LogP contribution >= 0.6 is 0 Å². The predicted octanol–water partition coefficient (Wildman–Crippen LogP) is -0.619. The first-order chi connectivity index (χ1) is 8.20. The highest BCUT2D eigenvalue weighted by molar-refractivity contribution is 5.85. The largest absolute Gasteiger partial charge is 0.354 e. The summed E-state index contributed by atoms with van der Waals surface area (Å²) in [5.74, 6) is 0.399. The first kappa shape index (κ1) is 11.0. The highest BCUT2D eigenvalue weighted by Crippen LogP contribution is 2.58. The lowest BCUT2D eigenvalue weighted by molar-refractivity contribution is -0.123. The van der Waals surface area contributed by atoms with Crippen LogP contribution in [0.1, 0.15) is 25.7 Å². The van der Waals surface area contributed by atoms with Gasteiger partial charge in [-0.1, -0.05) is 0 Å². The number of hydrogen-bond acceptors (Lipinski definition) is 3. The molecule has 3 N–H and O–H groups in total. The third kappa shape index (κ3) is 2.04. The van der Waals surface area contributed by atoms with Crippen molar-refractivity contribution < 1.29 is 9.59 Å². The van der Waals surface area contributed by atoms with Crippen molar-refractivity contribution in [2.45, 2.75) is 31.7 Å². The summed E-state index contributed by atoms with van der Waals surface area (Å²) >= 11 is 0. The lowest BCUT2D eigenvalue weighted by atomic mass is 9.91. The maximum Gasteiger partial charge on any atom is 0.223 e. The number of carbonyl (C=O) groups excluding carboxylic acids is 2. The van der Waals surface area contributed by atoms with E-state index in [0.29, 0.717) is 13.0 Å². The minimum Gasteiger partial charge on any atom is -0.354 e. The van der Waals surface area contributed by atoms with Gasteiger partial charge < -0.3 is 16.0 Å². The molecule has 0 radical (unpaired) electrons. The van der Waals surface area contributed by atoms with Crippen LogP contribution < -0.4 is 16.0 Å². The molecule has 94 valence electrons. The number of carbonyl (C=O) groups is 2. The van der Waals surface area contributed by atoms with Crippen LogP contribution in [0.4, 0.5) is 0 Å². The molecule has 2 unspecified atom stereocenters. The van der Waals surface area contributed by atoms with E-state index in [4.69, 9.17) is 0 Å². The second kappa shape index (κ2) is 3.98. The normalized spacial score (nSPS) is 34.5. The van der Waals surface area contributed by atoms with Crippen molar-refractivity contribution in [3.63, 3.8) is 0 Å². The molecule has 2 amide bonds. The van der Waals surface area contributed by atoms with E-state index in [9.17, 15) is 9.59 Å². The zero-order chi connectivity index (χ0) is 11.9. The van der Waals surface area contributed by atoms with Gasteiger partial charge in [-0.3, -0.25) is 9.59 Å². The van der Waals surface area contributed by atoms with E-state index in [-0.39, 0.29) is 29.2 Å². The molecule has 0 aromatic rings. The summed E-state index contributed by atoms with van der Waals surface area (Å²) in [5.41, 5.74) is 0.283. The Bertz CT molecular complexity index is 350. The molecule has 5 heteroatoms. The van der Waals surface area contributed by atoms with Gasteiger partial charge in [0, 0.05) is 18.9 Å². The zero-order valence-electron chi connectivity index (χ0n) is 9.92. The molecule has 1 spiro atoms. The maximum atomic E-state index is 12.1. The number of amides is 2. The molecule has 0 aromatic carbocycles. The Morgan fingerprint density at radius 2 is 2.12 bits per heavy atom. The molecule has 17 heavy (non-hydrogen) atoms. The molecule has 5 nitrogen and oxygen atoms in total. The van der Waals surface area contributed by atoms with Crippen LogP contribution in [-0.4, -0.2) is 37.5 Å². The highest BCUT2D eigenvalue weighted by Gasteiger charge is 2.57. The second-order valence-corrected chi connectivity index (χ2v) is 5.58. The molecule has 3 aliphatic rings. The molecule has 0 aromatic heterocycles. The Kier molecular flexibility index (Phi) is 2.58. The second-order valence-electron chi connectivity index (χ2n) is 5.58. The molecule has 2 heterocycles. The van der Waals surface area contributed by atoms with E-state index < -0.39 is 0 Å². The summed E-state index contributed by atoms with van der Waals surface area (Å²) in [6.45, 7) is 2.66. The van der Waals surface area contributed by atoms with Gasteiger partial charge in [-0.2, -0.15) is 0 Å².